The topological polar surface area (TPSA) is 96.3 Å². The van der Waals surface area contributed by atoms with Gasteiger partial charge in [0.25, 0.3) is 0 Å². The van der Waals surface area contributed by atoms with Gasteiger partial charge in [0, 0.05) is 4.88 Å². The van der Waals surface area contributed by atoms with Crippen molar-refractivity contribution in [3.8, 4) is 11.5 Å². The predicted molar refractivity (Wildman–Crippen MR) is 141 cm³/mol. The fraction of sp³-hybridized carbons (Fsp3) is 0.440. The summed E-state index contributed by atoms with van der Waals surface area (Å²) < 4.78 is 12.0. The summed E-state index contributed by atoms with van der Waals surface area (Å²) in [4.78, 5) is 29.5. The molecule has 2 saturated heterocycles. The van der Waals surface area contributed by atoms with E-state index in [9.17, 15) is 19.7 Å². The highest BCUT2D eigenvalue weighted by Crippen LogP contribution is 2.52. The SMILES string of the molecule is CCCC1=C2B(O)O[C@H](c3cc(I)c(O)c(OC)c3)C[C@H]2[C@H]2C(=O)N(Cc3cccs3)C(=O)[C@H]2C1. The van der Waals surface area contributed by atoms with E-state index in [1.807, 2.05) is 46.2 Å². The Bertz CT molecular complexity index is 1180. The normalized spacial score (nSPS) is 26.3. The summed E-state index contributed by atoms with van der Waals surface area (Å²) in [6.45, 7) is 2.37. The minimum Gasteiger partial charge on any atom is -0.504 e. The summed E-state index contributed by atoms with van der Waals surface area (Å²) in [6, 6.07) is 7.38. The highest BCUT2D eigenvalue weighted by molar-refractivity contribution is 14.1. The number of ether oxygens (including phenoxy) is 1. The Balaban J connectivity index is 1.51. The maximum Gasteiger partial charge on any atom is 0.487 e. The largest absolute Gasteiger partial charge is 0.504 e. The van der Waals surface area contributed by atoms with E-state index in [-0.39, 0.29) is 23.5 Å². The number of thiophene rings is 1. The minimum absolute atomic E-state index is 0.0533. The number of carbonyl (C=O) groups excluding carboxylic acids is 2. The van der Waals surface area contributed by atoms with E-state index in [1.165, 1.54) is 23.3 Å². The monoisotopic (exact) mass is 607 g/mol. The standard InChI is InChI=1S/C25H27BINO6S/c1-3-5-13-8-17-21(25(31)28(24(17)30)12-15-6-4-7-35-15)16-11-19(34-26(32)22(13)16)14-9-18(27)23(29)20(10-14)33-2/h4,6-7,9-10,16-17,19,21,29,32H,3,5,8,11-12H2,1-2H3/t16-,17-,19-,21+/m0/s1. The van der Waals surface area contributed by atoms with Crippen LogP contribution in [0.2, 0.25) is 0 Å². The Labute approximate surface area is 222 Å². The molecule has 0 saturated carbocycles. The van der Waals surface area contributed by atoms with Gasteiger partial charge < -0.3 is 19.5 Å². The van der Waals surface area contributed by atoms with Crippen molar-refractivity contribution >= 4 is 52.9 Å². The van der Waals surface area contributed by atoms with E-state index >= 15 is 0 Å². The second-order valence-corrected chi connectivity index (χ2v) is 11.6. The van der Waals surface area contributed by atoms with Crippen molar-refractivity contribution < 1.29 is 29.1 Å². The van der Waals surface area contributed by atoms with Gasteiger partial charge in [-0.2, -0.15) is 0 Å². The Hall–Kier alpha value is -1.89. The first-order valence-corrected chi connectivity index (χ1v) is 13.8. The van der Waals surface area contributed by atoms with E-state index in [2.05, 4.69) is 6.92 Å². The first kappa shape index (κ1) is 24.8. The summed E-state index contributed by atoms with van der Waals surface area (Å²) in [5, 5.41) is 23.4. The molecule has 0 spiro atoms. The van der Waals surface area contributed by atoms with Gasteiger partial charge in [0.1, 0.15) is 0 Å². The van der Waals surface area contributed by atoms with Crippen molar-refractivity contribution in [2.45, 2.75) is 45.3 Å². The number of rotatable bonds is 6. The first-order chi connectivity index (χ1) is 16.8. The van der Waals surface area contributed by atoms with Crippen LogP contribution in [0.5, 0.6) is 11.5 Å². The Morgan fingerprint density at radius 2 is 2.09 bits per heavy atom. The van der Waals surface area contributed by atoms with Gasteiger partial charge in [-0.25, -0.2) is 0 Å². The average molecular weight is 607 g/mol. The van der Waals surface area contributed by atoms with E-state index in [0.29, 0.717) is 28.7 Å². The molecule has 35 heavy (non-hydrogen) atoms. The number of allylic oxidation sites excluding steroid dienone is 2. The number of aromatic hydroxyl groups is 1. The third-order valence-corrected chi connectivity index (χ3v) is 9.07. The summed E-state index contributed by atoms with van der Waals surface area (Å²) >= 11 is 3.57. The third-order valence-electron chi connectivity index (χ3n) is 7.39. The van der Waals surface area contributed by atoms with Crippen LogP contribution in [0, 0.1) is 21.3 Å². The molecule has 10 heteroatoms. The molecule has 4 atom stereocenters. The molecule has 2 fully saturated rings. The fourth-order valence-corrected chi connectivity index (χ4v) is 7.20. The smallest absolute Gasteiger partial charge is 0.487 e. The molecule has 2 amide bonds. The van der Waals surface area contributed by atoms with Gasteiger partial charge in [-0.05, 0) is 82.4 Å². The first-order valence-electron chi connectivity index (χ1n) is 11.8. The zero-order chi connectivity index (χ0) is 24.9. The summed E-state index contributed by atoms with van der Waals surface area (Å²) in [7, 11) is 0.341. The molecule has 5 rings (SSSR count). The maximum absolute atomic E-state index is 13.7. The molecule has 1 aliphatic carbocycles. The molecule has 1 aromatic heterocycles. The summed E-state index contributed by atoms with van der Waals surface area (Å²) in [6.07, 6.45) is 2.10. The molecule has 0 unspecified atom stereocenters. The number of phenolic OH excluding ortho intramolecular Hbond substituents is 1. The van der Waals surface area contributed by atoms with Crippen LogP contribution in [0.3, 0.4) is 0 Å². The highest BCUT2D eigenvalue weighted by atomic mass is 127. The summed E-state index contributed by atoms with van der Waals surface area (Å²) in [5.41, 5.74) is 2.58. The lowest BCUT2D eigenvalue weighted by atomic mass is 9.54. The number of fused-ring (bicyclic) bond motifs is 3. The van der Waals surface area contributed by atoms with Crippen LogP contribution < -0.4 is 4.74 Å². The van der Waals surface area contributed by atoms with Crippen LogP contribution in [0.4, 0.5) is 0 Å². The Kier molecular flexibility index (Phi) is 6.99. The number of phenols is 1. The Morgan fingerprint density at radius 1 is 1.29 bits per heavy atom. The number of likely N-dealkylation sites (tertiary alicyclic amines) is 1. The van der Waals surface area contributed by atoms with E-state index in [0.717, 1.165) is 34.3 Å². The number of hydrogen-bond donors (Lipinski definition) is 2. The molecule has 0 radical (unpaired) electrons. The molecule has 2 aliphatic heterocycles. The van der Waals surface area contributed by atoms with Crippen molar-refractivity contribution in [3.63, 3.8) is 0 Å². The number of amides is 2. The molecule has 7 nitrogen and oxygen atoms in total. The van der Waals surface area contributed by atoms with Crippen LogP contribution in [0.25, 0.3) is 0 Å². The number of imide groups is 1. The highest BCUT2D eigenvalue weighted by Gasteiger charge is 2.57. The van der Waals surface area contributed by atoms with Crippen molar-refractivity contribution in [3.05, 3.63) is 54.7 Å². The van der Waals surface area contributed by atoms with E-state index < -0.39 is 25.1 Å². The van der Waals surface area contributed by atoms with Crippen molar-refractivity contribution in [2.75, 3.05) is 7.11 Å². The van der Waals surface area contributed by atoms with Crippen molar-refractivity contribution in [1.29, 1.82) is 0 Å². The van der Waals surface area contributed by atoms with Crippen molar-refractivity contribution in [2.24, 2.45) is 17.8 Å². The second kappa shape index (κ2) is 9.87. The predicted octanol–water partition coefficient (Wildman–Crippen LogP) is 4.47. The third kappa shape index (κ3) is 4.32. The van der Waals surface area contributed by atoms with Crippen LogP contribution in [0.1, 0.15) is 49.2 Å². The molecule has 3 heterocycles. The average Bonchev–Trinajstić information content (AvgIpc) is 3.43. The van der Waals surface area contributed by atoms with Crippen LogP contribution >= 0.6 is 33.9 Å². The second-order valence-electron chi connectivity index (χ2n) is 9.36. The van der Waals surface area contributed by atoms with Gasteiger partial charge >= 0.3 is 7.12 Å². The fourth-order valence-electron chi connectivity index (χ4n) is 5.88. The van der Waals surface area contributed by atoms with Crippen molar-refractivity contribution in [1.82, 2.24) is 4.90 Å². The van der Waals surface area contributed by atoms with E-state index in [1.54, 1.807) is 6.07 Å². The van der Waals surface area contributed by atoms with Gasteiger partial charge in [-0.1, -0.05) is 25.0 Å². The van der Waals surface area contributed by atoms with Gasteiger partial charge in [-0.3, -0.25) is 14.5 Å². The molecule has 3 aliphatic rings. The van der Waals surface area contributed by atoms with Gasteiger partial charge in [-0.15, -0.1) is 11.3 Å². The number of benzene rings is 1. The maximum atomic E-state index is 13.7. The molecular formula is C25H27BINO6S. The number of methoxy groups -OCH3 is 1. The minimum atomic E-state index is -1.15. The number of hydrogen-bond acceptors (Lipinski definition) is 7. The quantitative estimate of drug-likeness (QED) is 0.286. The number of carbonyl (C=O) groups is 2. The lowest BCUT2D eigenvalue weighted by Crippen LogP contribution is -2.44. The van der Waals surface area contributed by atoms with Gasteiger partial charge in [0.15, 0.2) is 11.5 Å². The van der Waals surface area contributed by atoms with Gasteiger partial charge in [0.2, 0.25) is 11.8 Å². The molecule has 2 aromatic rings. The number of halogens is 1. The van der Waals surface area contributed by atoms with Gasteiger partial charge in [0.05, 0.1) is 35.2 Å². The zero-order valence-electron chi connectivity index (χ0n) is 19.6. The zero-order valence-corrected chi connectivity index (χ0v) is 22.5. The molecular weight excluding hydrogens is 580 g/mol. The summed E-state index contributed by atoms with van der Waals surface area (Å²) in [5.74, 6) is -1.08. The lowest BCUT2D eigenvalue weighted by molar-refractivity contribution is -0.140. The van der Waals surface area contributed by atoms with Crippen LogP contribution in [-0.4, -0.2) is 41.1 Å². The van der Waals surface area contributed by atoms with Crippen LogP contribution in [0.15, 0.2) is 40.7 Å². The molecule has 1 aromatic carbocycles. The number of nitrogens with zero attached hydrogens (tertiary/aromatic N) is 1. The molecule has 184 valence electrons. The molecule has 0 bridgehead atoms. The van der Waals surface area contributed by atoms with Crippen LogP contribution in [-0.2, 0) is 20.8 Å². The Morgan fingerprint density at radius 3 is 2.77 bits per heavy atom. The van der Waals surface area contributed by atoms with E-state index in [4.69, 9.17) is 9.39 Å². The molecule has 2 N–H and O–H groups in total. The lowest BCUT2D eigenvalue weighted by Gasteiger charge is -2.42.